The van der Waals surface area contributed by atoms with E-state index < -0.39 is 6.98 Å². The number of nitrogens with one attached hydrogen (secondary N) is 1. The minimum atomic E-state index is -2.02. The maximum atomic E-state index is 7.79. The number of aromatic amines is 1. The van der Waals surface area contributed by atoms with E-state index in [0.717, 1.165) is 35.9 Å². The van der Waals surface area contributed by atoms with Gasteiger partial charge in [-0.15, -0.1) is 0 Å². The molecule has 0 radical (unpaired) electrons. The number of hydrogen-bond donors (Lipinski definition) is 1. The van der Waals surface area contributed by atoms with Gasteiger partial charge in [0.15, 0.2) is 0 Å². The molecule has 0 unspecified atom stereocenters. The Bertz CT molecular complexity index is 721. The highest BCUT2D eigenvalue weighted by atomic mass is 16.5. The van der Waals surface area contributed by atoms with Gasteiger partial charge in [0.1, 0.15) is 5.75 Å². The van der Waals surface area contributed by atoms with Gasteiger partial charge in [-0.1, -0.05) is 19.9 Å². The monoisotopic (exact) mass is 289 g/mol. The molecule has 3 rings (SSSR count). The number of methoxy groups -OCH3 is 1. The Balaban J connectivity index is 2.06. The van der Waals surface area contributed by atoms with Crippen LogP contribution in [0.5, 0.6) is 5.75 Å². The molecule has 1 fully saturated rings. The van der Waals surface area contributed by atoms with E-state index in [9.17, 15) is 0 Å². The molecule has 1 aromatic heterocycles. The molecule has 114 valence electrons. The van der Waals surface area contributed by atoms with E-state index in [1.54, 1.807) is 12.0 Å². The van der Waals surface area contributed by atoms with Gasteiger partial charge in [0.2, 0.25) is 0 Å². The normalized spacial score (nSPS) is 22.5. The minimum Gasteiger partial charge on any atom is -0.496 e. The number of benzene rings is 1. The fourth-order valence-corrected chi connectivity index (χ4v) is 3.46. The number of hydrogen-bond acceptors (Lipinski definition) is 2. The first-order valence-electron chi connectivity index (χ1n) is 9.27. The summed E-state index contributed by atoms with van der Waals surface area (Å²) in [4.78, 5) is 5.21. The van der Waals surface area contributed by atoms with Gasteiger partial charge in [-0.3, -0.25) is 0 Å². The Morgan fingerprint density at radius 2 is 2.33 bits per heavy atom. The van der Waals surface area contributed by atoms with Gasteiger partial charge < -0.3 is 14.6 Å². The maximum absolute atomic E-state index is 7.79. The molecule has 0 bridgehead atoms. The molecule has 1 aliphatic heterocycles. The second-order valence-electron chi connectivity index (χ2n) is 6.25. The fourth-order valence-electron chi connectivity index (χ4n) is 3.46. The van der Waals surface area contributed by atoms with E-state index >= 15 is 0 Å². The average Bonchev–Trinajstić information content (AvgIpc) is 3.12. The third-order valence-corrected chi connectivity index (χ3v) is 4.54. The molecular weight excluding hydrogens is 260 g/mol. The van der Waals surface area contributed by atoms with Crippen LogP contribution >= 0.6 is 0 Å². The van der Waals surface area contributed by atoms with Crippen molar-refractivity contribution in [2.45, 2.75) is 45.1 Å². The molecule has 0 aliphatic carbocycles. The quantitative estimate of drug-likeness (QED) is 0.923. The largest absolute Gasteiger partial charge is 0.496 e. The van der Waals surface area contributed by atoms with Crippen molar-refractivity contribution in [1.29, 1.82) is 0 Å². The van der Waals surface area contributed by atoms with E-state index in [1.165, 1.54) is 11.3 Å². The van der Waals surface area contributed by atoms with Crippen molar-refractivity contribution in [3.8, 4) is 5.75 Å². The molecule has 1 aliphatic rings. The summed E-state index contributed by atoms with van der Waals surface area (Å²) in [6.07, 6.45) is 2.61. The number of fused-ring (bicyclic) bond motifs is 1. The first-order valence-corrected chi connectivity index (χ1v) is 7.77. The molecule has 0 spiro atoms. The van der Waals surface area contributed by atoms with Gasteiger partial charge >= 0.3 is 0 Å². The van der Waals surface area contributed by atoms with E-state index in [4.69, 9.17) is 8.85 Å². The standard InChI is InChI=1S/C18H26N2O/c1-12(2)18-14(11-13-7-6-10-20(13)3)17-15(19-18)8-5-9-16(17)21-4/h5,8-9,12-13,19H,6-7,10-11H2,1-4H3/t13-/m1/s1/i3D3. The van der Waals surface area contributed by atoms with Crippen molar-refractivity contribution in [3.05, 3.63) is 29.5 Å². The van der Waals surface area contributed by atoms with Crippen LogP contribution in [0.15, 0.2) is 18.2 Å². The summed E-state index contributed by atoms with van der Waals surface area (Å²) < 4.78 is 29.0. The van der Waals surface area contributed by atoms with Crippen LogP contribution in [0, 0.1) is 0 Å². The number of rotatable bonds is 4. The second kappa shape index (κ2) is 5.72. The molecular formula is C18H26N2O. The summed E-state index contributed by atoms with van der Waals surface area (Å²) in [5.74, 6) is 1.20. The van der Waals surface area contributed by atoms with Gasteiger partial charge in [-0.2, -0.15) is 0 Å². The van der Waals surface area contributed by atoms with Gasteiger partial charge in [-0.05, 0) is 56.4 Å². The van der Waals surface area contributed by atoms with Crippen LogP contribution in [-0.4, -0.2) is 36.6 Å². The maximum Gasteiger partial charge on any atom is 0.128 e. The smallest absolute Gasteiger partial charge is 0.128 e. The molecule has 3 nitrogen and oxygen atoms in total. The Labute approximate surface area is 131 Å². The second-order valence-corrected chi connectivity index (χ2v) is 6.25. The van der Waals surface area contributed by atoms with Crippen LogP contribution in [0.1, 0.15) is 48.0 Å². The zero-order chi connectivity index (χ0) is 17.5. The summed E-state index contributed by atoms with van der Waals surface area (Å²) in [7, 11) is 1.69. The summed E-state index contributed by atoms with van der Waals surface area (Å²) in [6, 6.07) is 6.07. The molecule has 1 atom stereocenters. The predicted molar refractivity (Wildman–Crippen MR) is 88.3 cm³/mol. The van der Waals surface area contributed by atoms with E-state index in [0.29, 0.717) is 12.5 Å². The Morgan fingerprint density at radius 3 is 3.05 bits per heavy atom. The molecule has 3 heteroatoms. The van der Waals surface area contributed by atoms with Crippen molar-refractivity contribution >= 4 is 10.9 Å². The molecule has 21 heavy (non-hydrogen) atoms. The molecule has 2 heterocycles. The van der Waals surface area contributed by atoms with Gasteiger partial charge in [0.05, 0.1) is 7.11 Å². The van der Waals surface area contributed by atoms with Crippen molar-refractivity contribution in [2.24, 2.45) is 0 Å². The van der Waals surface area contributed by atoms with Crippen LogP contribution in [0.3, 0.4) is 0 Å². The molecule has 1 aromatic carbocycles. The number of likely N-dealkylation sites (N-methyl/N-ethyl adjacent to an activating group) is 1. The Morgan fingerprint density at radius 1 is 1.48 bits per heavy atom. The Kier molecular flexibility index (Phi) is 3.03. The van der Waals surface area contributed by atoms with Crippen LogP contribution in [0.4, 0.5) is 0 Å². The first kappa shape index (κ1) is 11.1. The average molecular weight is 289 g/mol. The third kappa shape index (κ3) is 2.55. The van der Waals surface area contributed by atoms with Crippen molar-refractivity contribution in [3.63, 3.8) is 0 Å². The number of likely N-dealkylation sites (tertiary alicyclic amines) is 1. The molecule has 0 saturated carbocycles. The first-order chi connectivity index (χ1) is 11.3. The number of aromatic nitrogens is 1. The van der Waals surface area contributed by atoms with E-state index in [-0.39, 0.29) is 6.04 Å². The zero-order valence-electron chi connectivity index (χ0n) is 16.1. The zero-order valence-corrected chi connectivity index (χ0v) is 13.1. The lowest BCUT2D eigenvalue weighted by molar-refractivity contribution is 0.309. The molecule has 0 amide bonds. The highest BCUT2D eigenvalue weighted by Crippen LogP contribution is 2.36. The lowest BCUT2D eigenvalue weighted by Gasteiger charge is -2.20. The third-order valence-electron chi connectivity index (χ3n) is 4.54. The fraction of sp³-hybridized carbons (Fsp3) is 0.556. The van der Waals surface area contributed by atoms with Crippen LogP contribution < -0.4 is 4.74 Å². The molecule has 1 saturated heterocycles. The summed E-state index contributed by atoms with van der Waals surface area (Å²) >= 11 is 0. The van der Waals surface area contributed by atoms with Gasteiger partial charge in [0, 0.05) is 26.8 Å². The molecule has 2 aromatic rings. The lowest BCUT2D eigenvalue weighted by Crippen LogP contribution is -2.27. The number of ether oxygens (including phenoxy) is 1. The Hall–Kier alpha value is -1.48. The summed E-state index contributed by atoms with van der Waals surface area (Å²) in [5.41, 5.74) is 3.46. The van der Waals surface area contributed by atoms with Crippen LogP contribution in [0.25, 0.3) is 10.9 Å². The topological polar surface area (TPSA) is 28.3 Å². The van der Waals surface area contributed by atoms with Crippen LogP contribution in [-0.2, 0) is 6.42 Å². The number of nitrogens with zero attached hydrogens (tertiary/aromatic N) is 1. The van der Waals surface area contributed by atoms with Crippen molar-refractivity contribution < 1.29 is 8.85 Å². The van der Waals surface area contributed by atoms with E-state index in [1.807, 2.05) is 12.1 Å². The predicted octanol–water partition coefficient (Wildman–Crippen LogP) is 3.94. The van der Waals surface area contributed by atoms with Crippen molar-refractivity contribution in [2.75, 3.05) is 20.6 Å². The highest BCUT2D eigenvalue weighted by Gasteiger charge is 2.25. The molecule has 1 N–H and O–H groups in total. The number of H-pyrrole nitrogens is 1. The minimum absolute atomic E-state index is 0.0545. The summed E-state index contributed by atoms with van der Waals surface area (Å²) in [6.45, 7) is 2.96. The van der Waals surface area contributed by atoms with E-state index in [2.05, 4.69) is 24.9 Å². The van der Waals surface area contributed by atoms with Gasteiger partial charge in [-0.25, -0.2) is 0 Å². The van der Waals surface area contributed by atoms with Crippen LogP contribution in [0.2, 0.25) is 0 Å². The highest BCUT2D eigenvalue weighted by molar-refractivity contribution is 5.90. The SMILES string of the molecule is [2H]C([2H])([2H])N1CCC[C@@H]1Cc1c(C(C)C)[nH]c2cccc(OC)c12. The summed E-state index contributed by atoms with van der Waals surface area (Å²) in [5, 5.41) is 1.10. The lowest BCUT2D eigenvalue weighted by atomic mass is 9.96. The van der Waals surface area contributed by atoms with Crippen molar-refractivity contribution in [1.82, 2.24) is 9.88 Å². The van der Waals surface area contributed by atoms with Gasteiger partial charge in [0.25, 0.3) is 0 Å².